The monoisotopic (exact) mass is 366 g/mol. The Hall–Kier alpha value is -1.92. The van der Waals surface area contributed by atoms with E-state index in [9.17, 15) is 9.59 Å². The molecule has 0 saturated heterocycles. The topological polar surface area (TPSA) is 71.3 Å². The maximum absolute atomic E-state index is 12.4. The molecule has 2 amide bonds. The second-order valence-corrected chi connectivity index (χ2v) is 6.53. The van der Waals surface area contributed by atoms with E-state index in [0.29, 0.717) is 23.6 Å². The molecule has 0 spiro atoms. The third kappa shape index (κ3) is 5.32. The van der Waals surface area contributed by atoms with E-state index in [1.807, 2.05) is 6.26 Å². The van der Waals surface area contributed by atoms with E-state index in [1.165, 1.54) is 0 Å². The summed E-state index contributed by atoms with van der Waals surface area (Å²) < 4.78 is 4.97. The van der Waals surface area contributed by atoms with Gasteiger partial charge in [-0.25, -0.2) is 0 Å². The van der Waals surface area contributed by atoms with Gasteiger partial charge in [0.05, 0.1) is 23.1 Å². The molecule has 0 saturated carbocycles. The highest BCUT2D eigenvalue weighted by atomic mass is 35.5. The Morgan fingerprint density at radius 2 is 2.08 bits per heavy atom. The molecule has 0 aliphatic heterocycles. The van der Waals surface area contributed by atoms with Crippen molar-refractivity contribution < 1.29 is 14.0 Å². The number of hydrogen-bond donors (Lipinski definition) is 2. The maximum atomic E-state index is 12.4. The van der Waals surface area contributed by atoms with Gasteiger partial charge in [-0.2, -0.15) is 11.8 Å². The zero-order valence-electron chi connectivity index (χ0n) is 13.3. The summed E-state index contributed by atoms with van der Waals surface area (Å²) in [5.74, 6) is 0.169. The lowest BCUT2D eigenvalue weighted by molar-refractivity contribution is -0.123. The molecule has 0 fully saturated rings. The number of amides is 2. The Kier molecular flexibility index (Phi) is 7.21. The maximum Gasteiger partial charge on any atom is 0.253 e. The number of furan rings is 1. The second-order valence-electron chi connectivity index (χ2n) is 5.14. The van der Waals surface area contributed by atoms with Crippen molar-refractivity contribution in [2.45, 2.75) is 19.0 Å². The van der Waals surface area contributed by atoms with Crippen molar-refractivity contribution in [3.8, 4) is 0 Å². The van der Waals surface area contributed by atoms with E-state index in [-0.39, 0.29) is 11.8 Å². The minimum absolute atomic E-state index is 0.231. The van der Waals surface area contributed by atoms with Crippen LogP contribution in [0.3, 0.4) is 0 Å². The first-order valence-corrected chi connectivity index (χ1v) is 9.22. The summed E-state index contributed by atoms with van der Waals surface area (Å²) >= 11 is 7.66. The van der Waals surface area contributed by atoms with Crippen molar-refractivity contribution in [2.24, 2.45) is 0 Å². The molecule has 0 radical (unpaired) electrons. The first kappa shape index (κ1) is 18.4. The summed E-state index contributed by atoms with van der Waals surface area (Å²) in [5.41, 5.74) is 1.22. The van der Waals surface area contributed by atoms with Gasteiger partial charge >= 0.3 is 0 Å². The molecule has 1 aromatic heterocycles. The fraction of sp³-hybridized carbons (Fsp3) is 0.294. The molecule has 1 atom stereocenters. The lowest BCUT2D eigenvalue weighted by atomic mass is 10.1. The van der Waals surface area contributed by atoms with Gasteiger partial charge in [0.2, 0.25) is 5.91 Å². The van der Waals surface area contributed by atoms with E-state index in [4.69, 9.17) is 16.0 Å². The third-order valence-corrected chi connectivity index (χ3v) is 4.37. The van der Waals surface area contributed by atoms with Crippen molar-refractivity contribution in [1.29, 1.82) is 0 Å². The van der Waals surface area contributed by atoms with Gasteiger partial charge in [0.1, 0.15) is 6.04 Å². The molecule has 1 aromatic carbocycles. The van der Waals surface area contributed by atoms with Gasteiger partial charge in [0, 0.05) is 12.1 Å². The smallest absolute Gasteiger partial charge is 0.253 e. The van der Waals surface area contributed by atoms with Gasteiger partial charge < -0.3 is 15.1 Å². The van der Waals surface area contributed by atoms with Gasteiger partial charge in [-0.3, -0.25) is 9.59 Å². The van der Waals surface area contributed by atoms with Crippen molar-refractivity contribution in [2.75, 3.05) is 12.0 Å². The number of benzene rings is 1. The molecule has 2 N–H and O–H groups in total. The van der Waals surface area contributed by atoms with Crippen LogP contribution in [-0.2, 0) is 11.3 Å². The van der Waals surface area contributed by atoms with E-state index in [2.05, 4.69) is 10.6 Å². The average molecular weight is 367 g/mol. The number of rotatable bonds is 8. The van der Waals surface area contributed by atoms with Gasteiger partial charge in [-0.1, -0.05) is 23.7 Å². The lowest BCUT2D eigenvalue weighted by Crippen LogP contribution is -2.46. The Morgan fingerprint density at radius 1 is 1.29 bits per heavy atom. The minimum atomic E-state index is -0.617. The van der Waals surface area contributed by atoms with Crippen LogP contribution in [0, 0.1) is 0 Å². The van der Waals surface area contributed by atoms with Crippen LogP contribution in [-0.4, -0.2) is 29.9 Å². The Bertz CT molecular complexity index is 676. The molecule has 0 bridgehead atoms. The molecule has 2 aromatic rings. The molecule has 5 nitrogen and oxygen atoms in total. The van der Waals surface area contributed by atoms with E-state index in [0.717, 1.165) is 11.3 Å². The van der Waals surface area contributed by atoms with Crippen LogP contribution in [0.4, 0.5) is 0 Å². The Balaban J connectivity index is 2.00. The van der Waals surface area contributed by atoms with Gasteiger partial charge in [0.25, 0.3) is 5.91 Å². The lowest BCUT2D eigenvalue weighted by Gasteiger charge is -2.18. The Labute approximate surface area is 150 Å². The van der Waals surface area contributed by atoms with Crippen LogP contribution < -0.4 is 10.6 Å². The fourth-order valence-corrected chi connectivity index (χ4v) is 2.78. The number of thioether (sulfide) groups is 1. The van der Waals surface area contributed by atoms with Crippen LogP contribution >= 0.6 is 23.4 Å². The van der Waals surface area contributed by atoms with Crippen molar-refractivity contribution in [3.63, 3.8) is 0 Å². The van der Waals surface area contributed by atoms with E-state index >= 15 is 0 Å². The predicted molar refractivity (Wildman–Crippen MR) is 96.3 cm³/mol. The zero-order chi connectivity index (χ0) is 17.4. The van der Waals surface area contributed by atoms with Gasteiger partial charge in [0.15, 0.2) is 0 Å². The summed E-state index contributed by atoms with van der Waals surface area (Å²) in [4.78, 5) is 24.8. The third-order valence-electron chi connectivity index (χ3n) is 3.40. The van der Waals surface area contributed by atoms with Crippen LogP contribution in [0.2, 0.25) is 5.02 Å². The largest absolute Gasteiger partial charge is 0.472 e. The molecule has 128 valence electrons. The quantitative estimate of drug-likeness (QED) is 0.753. The number of halogens is 1. The molecule has 1 unspecified atom stereocenters. The minimum Gasteiger partial charge on any atom is -0.472 e. The number of carbonyl (C=O) groups is 2. The normalized spacial score (nSPS) is 11.8. The average Bonchev–Trinajstić information content (AvgIpc) is 3.10. The standard InChI is InChI=1S/C17H19ClN2O3S/c1-24-9-7-15(17(22)19-10-12-6-8-23-11-12)20-16(21)13-4-2-3-5-14(13)18/h2-6,8,11,15H,7,9-10H2,1H3,(H,19,22)(H,20,21). The highest BCUT2D eigenvalue weighted by Gasteiger charge is 2.22. The summed E-state index contributed by atoms with van der Waals surface area (Å²) in [6.45, 7) is 0.354. The summed E-state index contributed by atoms with van der Waals surface area (Å²) in [7, 11) is 0. The summed E-state index contributed by atoms with van der Waals surface area (Å²) in [6, 6.07) is 7.92. The highest BCUT2D eigenvalue weighted by Crippen LogP contribution is 2.15. The predicted octanol–water partition coefficient (Wildman–Crippen LogP) is 3.10. The van der Waals surface area contributed by atoms with E-state index < -0.39 is 6.04 Å². The van der Waals surface area contributed by atoms with Crippen molar-refractivity contribution >= 4 is 35.2 Å². The first-order valence-electron chi connectivity index (χ1n) is 7.45. The molecule has 0 aliphatic carbocycles. The molecule has 24 heavy (non-hydrogen) atoms. The number of carbonyl (C=O) groups excluding carboxylic acids is 2. The van der Waals surface area contributed by atoms with Crippen molar-refractivity contribution in [1.82, 2.24) is 10.6 Å². The fourth-order valence-electron chi connectivity index (χ4n) is 2.09. The van der Waals surface area contributed by atoms with Crippen molar-refractivity contribution in [3.05, 3.63) is 59.0 Å². The molecular formula is C17H19ClN2O3S. The molecule has 2 rings (SSSR count). The van der Waals surface area contributed by atoms with Crippen LogP contribution in [0.15, 0.2) is 47.3 Å². The summed E-state index contributed by atoms with van der Waals surface area (Å²) in [5, 5.41) is 5.93. The SMILES string of the molecule is CSCCC(NC(=O)c1ccccc1Cl)C(=O)NCc1ccoc1. The highest BCUT2D eigenvalue weighted by molar-refractivity contribution is 7.98. The van der Waals surface area contributed by atoms with Crippen LogP contribution in [0.5, 0.6) is 0 Å². The van der Waals surface area contributed by atoms with E-state index in [1.54, 1.807) is 54.6 Å². The molecule has 1 heterocycles. The van der Waals surface area contributed by atoms with Gasteiger partial charge in [-0.15, -0.1) is 0 Å². The first-order chi connectivity index (χ1) is 11.6. The second kappa shape index (κ2) is 9.39. The van der Waals surface area contributed by atoms with Gasteiger partial charge in [-0.05, 0) is 36.6 Å². The zero-order valence-corrected chi connectivity index (χ0v) is 14.8. The molecule has 7 heteroatoms. The number of nitrogens with one attached hydrogen (secondary N) is 2. The molecule has 0 aliphatic rings. The van der Waals surface area contributed by atoms with Crippen LogP contribution in [0.1, 0.15) is 22.3 Å². The Morgan fingerprint density at radius 3 is 2.75 bits per heavy atom. The van der Waals surface area contributed by atoms with Crippen LogP contribution in [0.25, 0.3) is 0 Å². The summed E-state index contributed by atoms with van der Waals surface area (Å²) in [6.07, 6.45) is 5.61. The molecular weight excluding hydrogens is 348 g/mol. The number of hydrogen-bond acceptors (Lipinski definition) is 4.